The highest BCUT2D eigenvalue weighted by atomic mass is 19.4. The number of carbonyl (C=O) groups is 1. The van der Waals surface area contributed by atoms with E-state index in [-0.39, 0.29) is 17.3 Å². The highest BCUT2D eigenvalue weighted by Gasteiger charge is 2.26. The summed E-state index contributed by atoms with van der Waals surface area (Å²) in [5.74, 6) is -0.425. The number of carboxylic acid groups (broad SMARTS) is 1. The summed E-state index contributed by atoms with van der Waals surface area (Å²) in [6.45, 7) is 7.64. The quantitative estimate of drug-likeness (QED) is 0.131. The van der Waals surface area contributed by atoms with E-state index in [1.807, 2.05) is 52.0 Å². The van der Waals surface area contributed by atoms with Gasteiger partial charge in [0.25, 0.3) is 0 Å². The number of aromatic carboxylic acids is 1. The van der Waals surface area contributed by atoms with E-state index in [0.717, 1.165) is 27.4 Å². The van der Waals surface area contributed by atoms with Crippen LogP contribution in [0.15, 0.2) is 82.2 Å². The first-order chi connectivity index (χ1) is 19.9. The second kappa shape index (κ2) is 13.7. The summed E-state index contributed by atoms with van der Waals surface area (Å²) in [4.78, 5) is 16.0. The number of alkyl halides is 3. The molecule has 1 heterocycles. The van der Waals surface area contributed by atoms with Gasteiger partial charge in [0.05, 0.1) is 17.0 Å². The van der Waals surface area contributed by atoms with Gasteiger partial charge in [0.15, 0.2) is 0 Å². The smallest absolute Gasteiger partial charge is 0.478 e. The van der Waals surface area contributed by atoms with Gasteiger partial charge in [-0.15, -0.1) is 0 Å². The van der Waals surface area contributed by atoms with Crippen molar-refractivity contribution < 1.29 is 27.5 Å². The molecule has 42 heavy (non-hydrogen) atoms. The Labute approximate surface area is 241 Å². The number of benzene rings is 3. The van der Waals surface area contributed by atoms with E-state index in [0.29, 0.717) is 22.6 Å². The van der Waals surface area contributed by atoms with Crippen LogP contribution < -0.4 is 16.0 Å². The average molecular weight is 579 g/mol. The molecule has 4 N–H and O–H groups in total. The summed E-state index contributed by atoms with van der Waals surface area (Å²) in [7, 11) is 1.73. The number of nitrogens with one attached hydrogen (secondary N) is 3. The van der Waals surface area contributed by atoms with Gasteiger partial charge in [0, 0.05) is 47.2 Å². The van der Waals surface area contributed by atoms with Gasteiger partial charge in [0.2, 0.25) is 0 Å². The van der Waals surface area contributed by atoms with Gasteiger partial charge in [-0.25, -0.2) is 4.79 Å². The number of rotatable bonds is 7. The molecule has 1 atom stereocenters. The van der Waals surface area contributed by atoms with Crippen molar-refractivity contribution in [2.45, 2.75) is 40.0 Å². The maximum atomic E-state index is 11.7. The maximum Gasteiger partial charge on any atom is 0.482 e. The Morgan fingerprint density at radius 3 is 2.29 bits per heavy atom. The fourth-order valence-electron chi connectivity index (χ4n) is 4.30. The van der Waals surface area contributed by atoms with Gasteiger partial charge in [-0.2, -0.15) is 13.2 Å². The standard InChI is InChI=1S/C24H25N3O3.C8H8F3N/c1-5-16(13-25)22-12-21(26-4)19-11-14(2)10-18(23(19)30-22)15(3)27-20-9-7-6-8-17(20)24(28)29;1-6-2-4-7(5-3-6)12-8(9,10)11/h5-13,15,25,27H,1-4H3,(H,28,29);2-5,12H,1H3/b16-5+,25-13?,26-21?;. The summed E-state index contributed by atoms with van der Waals surface area (Å²) in [6.07, 6.45) is -1.28. The molecule has 0 spiro atoms. The molecule has 0 amide bonds. The van der Waals surface area contributed by atoms with Crippen LogP contribution in [0, 0.1) is 19.3 Å². The molecule has 0 aliphatic heterocycles. The van der Waals surface area contributed by atoms with Crippen molar-refractivity contribution >= 4 is 40.1 Å². The second-order valence-electron chi connectivity index (χ2n) is 9.54. The van der Waals surface area contributed by atoms with Crippen LogP contribution in [-0.2, 0) is 0 Å². The van der Waals surface area contributed by atoms with E-state index >= 15 is 0 Å². The van der Waals surface area contributed by atoms with E-state index in [4.69, 9.17) is 9.83 Å². The number of aryl methyl sites for hydroxylation is 2. The number of halogens is 3. The minimum absolute atomic E-state index is 0.0631. The Hall–Kier alpha value is -4.86. The average Bonchev–Trinajstić information content (AvgIpc) is 2.94. The van der Waals surface area contributed by atoms with Crippen LogP contribution in [-0.4, -0.2) is 30.6 Å². The molecule has 3 aromatic carbocycles. The summed E-state index contributed by atoms with van der Waals surface area (Å²) >= 11 is 0. The van der Waals surface area contributed by atoms with Gasteiger partial charge in [-0.3, -0.25) is 10.3 Å². The zero-order valence-electron chi connectivity index (χ0n) is 23.9. The molecule has 10 heteroatoms. The van der Waals surface area contributed by atoms with Gasteiger partial charge < -0.3 is 20.2 Å². The fourth-order valence-corrected chi connectivity index (χ4v) is 4.30. The third-order valence-corrected chi connectivity index (χ3v) is 6.34. The molecule has 0 saturated carbocycles. The molecule has 4 rings (SSSR count). The van der Waals surface area contributed by atoms with Crippen molar-refractivity contribution in [3.05, 3.63) is 106 Å². The molecule has 0 fully saturated rings. The van der Waals surface area contributed by atoms with Crippen LogP contribution in [0.1, 0.15) is 52.7 Å². The first-order valence-corrected chi connectivity index (χ1v) is 13.1. The lowest BCUT2D eigenvalue weighted by molar-refractivity contribution is -0.0999. The Kier molecular flexibility index (Phi) is 10.3. The van der Waals surface area contributed by atoms with Gasteiger partial charge in [-0.05, 0) is 63.6 Å². The highest BCUT2D eigenvalue weighted by Crippen LogP contribution is 2.30. The predicted molar refractivity (Wildman–Crippen MR) is 161 cm³/mol. The molecule has 220 valence electrons. The molecular weight excluding hydrogens is 545 g/mol. The topological polar surface area (TPSA) is 111 Å². The molecule has 0 saturated heterocycles. The molecule has 4 aromatic rings. The minimum atomic E-state index is -4.35. The Balaban J connectivity index is 0.000000337. The lowest BCUT2D eigenvalue weighted by Gasteiger charge is -2.19. The molecular formula is C32H33F3N4O3. The third-order valence-electron chi connectivity index (χ3n) is 6.34. The Bertz CT molecular complexity index is 1670. The number of nitrogens with zero attached hydrogens (tertiary/aromatic N) is 1. The summed E-state index contributed by atoms with van der Waals surface area (Å²) < 4.78 is 41.4. The first kappa shape index (κ1) is 31.7. The van der Waals surface area contributed by atoms with Crippen molar-refractivity contribution in [1.29, 1.82) is 5.41 Å². The number of hydrogen-bond donors (Lipinski definition) is 4. The van der Waals surface area contributed by atoms with Crippen LogP contribution in [0.5, 0.6) is 0 Å². The number of hydrogen-bond acceptors (Lipinski definition) is 6. The van der Waals surface area contributed by atoms with E-state index < -0.39 is 12.3 Å². The number of para-hydroxylation sites is 1. The number of allylic oxidation sites excluding steroid dienone is 2. The van der Waals surface area contributed by atoms with Gasteiger partial charge in [-0.1, -0.05) is 42.0 Å². The minimum Gasteiger partial charge on any atom is -0.478 e. The van der Waals surface area contributed by atoms with Crippen molar-refractivity contribution in [3.8, 4) is 0 Å². The van der Waals surface area contributed by atoms with Crippen LogP contribution in [0.3, 0.4) is 0 Å². The van der Waals surface area contributed by atoms with Crippen LogP contribution in [0.25, 0.3) is 16.5 Å². The van der Waals surface area contributed by atoms with Gasteiger partial charge in [0.1, 0.15) is 11.3 Å². The highest BCUT2D eigenvalue weighted by molar-refractivity contribution is 6.07. The van der Waals surface area contributed by atoms with Crippen LogP contribution >= 0.6 is 0 Å². The van der Waals surface area contributed by atoms with E-state index in [1.54, 1.807) is 43.4 Å². The number of anilines is 2. The third kappa shape index (κ3) is 8.09. The predicted octanol–water partition coefficient (Wildman–Crippen LogP) is 8.12. The second-order valence-corrected chi connectivity index (χ2v) is 9.54. The van der Waals surface area contributed by atoms with Gasteiger partial charge >= 0.3 is 12.3 Å². The van der Waals surface area contributed by atoms with E-state index in [2.05, 4.69) is 10.3 Å². The van der Waals surface area contributed by atoms with Crippen molar-refractivity contribution in [3.63, 3.8) is 0 Å². The van der Waals surface area contributed by atoms with Crippen LogP contribution in [0.2, 0.25) is 0 Å². The van der Waals surface area contributed by atoms with Crippen molar-refractivity contribution in [2.75, 3.05) is 17.7 Å². The Morgan fingerprint density at radius 1 is 1.05 bits per heavy atom. The fraction of sp³-hybridized carbons (Fsp3) is 0.219. The molecule has 0 bridgehead atoms. The lowest BCUT2D eigenvalue weighted by Crippen LogP contribution is -2.20. The molecule has 1 aromatic heterocycles. The van der Waals surface area contributed by atoms with E-state index in [1.165, 1.54) is 23.7 Å². The number of carboxylic acids is 1. The van der Waals surface area contributed by atoms with E-state index in [9.17, 15) is 23.1 Å². The monoisotopic (exact) mass is 578 g/mol. The van der Waals surface area contributed by atoms with Crippen molar-refractivity contribution in [2.24, 2.45) is 4.99 Å². The summed E-state index contributed by atoms with van der Waals surface area (Å²) in [5, 5.41) is 23.5. The lowest BCUT2D eigenvalue weighted by atomic mass is 10.00. The largest absolute Gasteiger partial charge is 0.482 e. The Morgan fingerprint density at radius 2 is 1.71 bits per heavy atom. The summed E-state index contributed by atoms with van der Waals surface area (Å²) in [6, 6.07) is 18.5. The van der Waals surface area contributed by atoms with Crippen molar-refractivity contribution in [1.82, 2.24) is 0 Å². The molecule has 0 aliphatic carbocycles. The maximum absolute atomic E-state index is 11.7. The summed E-state index contributed by atoms with van der Waals surface area (Å²) in [5.41, 5.74) is 5.00. The normalized spacial score (nSPS) is 12.8. The zero-order valence-corrected chi connectivity index (χ0v) is 23.9. The molecule has 0 radical (unpaired) electrons. The zero-order chi connectivity index (χ0) is 31.0. The van der Waals surface area contributed by atoms with Crippen LogP contribution in [0.4, 0.5) is 24.5 Å². The first-order valence-electron chi connectivity index (χ1n) is 13.1. The SMILES string of the molecule is C/C=C(\C=N)c1cc(=NC)c2cc(C)cc(C(C)Nc3ccccc3C(=O)O)c2o1.Cc1ccc(NC(F)(F)F)cc1. The number of fused-ring (bicyclic) bond motifs is 1. The molecule has 0 aliphatic rings. The molecule has 1 unspecified atom stereocenters. The molecule has 7 nitrogen and oxygen atoms in total.